The largest absolute Gasteiger partial charge is 0.324 e. The Labute approximate surface area is 159 Å². The fraction of sp³-hybridized carbons (Fsp3) is 0.316. The van der Waals surface area contributed by atoms with E-state index < -0.39 is 16.1 Å². The molecule has 1 saturated heterocycles. The summed E-state index contributed by atoms with van der Waals surface area (Å²) in [6.45, 7) is 2.19. The minimum absolute atomic E-state index is 0.211. The molecule has 1 aliphatic rings. The molecule has 0 aliphatic carbocycles. The van der Waals surface area contributed by atoms with Crippen LogP contribution in [0.15, 0.2) is 53.4 Å². The van der Waals surface area contributed by atoms with E-state index in [0.29, 0.717) is 23.7 Å². The molecule has 7 heteroatoms. The highest BCUT2D eigenvalue weighted by Gasteiger charge is 2.37. The molecule has 26 heavy (non-hydrogen) atoms. The van der Waals surface area contributed by atoms with E-state index in [2.05, 4.69) is 5.32 Å². The minimum Gasteiger partial charge on any atom is -0.324 e. The van der Waals surface area contributed by atoms with Crippen LogP contribution in [-0.4, -0.2) is 31.2 Å². The first kappa shape index (κ1) is 18.9. The molecule has 5 nitrogen and oxygen atoms in total. The van der Waals surface area contributed by atoms with E-state index >= 15 is 0 Å². The van der Waals surface area contributed by atoms with Crippen LogP contribution in [0.5, 0.6) is 0 Å². The van der Waals surface area contributed by atoms with Crippen molar-refractivity contribution < 1.29 is 13.2 Å². The molecule has 0 spiro atoms. The van der Waals surface area contributed by atoms with Gasteiger partial charge in [-0.15, -0.1) is 0 Å². The number of nitrogens with zero attached hydrogens (tertiary/aromatic N) is 1. The summed E-state index contributed by atoms with van der Waals surface area (Å²) < 4.78 is 27.3. The summed E-state index contributed by atoms with van der Waals surface area (Å²) in [7, 11) is -3.71. The van der Waals surface area contributed by atoms with Crippen molar-refractivity contribution in [3.8, 4) is 0 Å². The maximum absolute atomic E-state index is 13.0. The molecule has 2 aromatic rings. The van der Waals surface area contributed by atoms with Gasteiger partial charge in [0.05, 0.1) is 4.90 Å². The van der Waals surface area contributed by atoms with Crippen molar-refractivity contribution in [1.29, 1.82) is 0 Å². The number of sulfonamides is 1. The predicted molar refractivity (Wildman–Crippen MR) is 103 cm³/mol. The van der Waals surface area contributed by atoms with E-state index in [1.165, 1.54) is 4.31 Å². The molecule has 1 unspecified atom stereocenters. The van der Waals surface area contributed by atoms with Crippen molar-refractivity contribution in [1.82, 2.24) is 4.31 Å². The van der Waals surface area contributed by atoms with Gasteiger partial charge in [0.1, 0.15) is 6.04 Å². The number of benzene rings is 2. The first-order valence-corrected chi connectivity index (χ1v) is 10.4. The molecule has 1 N–H and O–H groups in total. The fourth-order valence-corrected chi connectivity index (χ4v) is 5.07. The molecule has 1 aliphatic heterocycles. The molecule has 138 valence electrons. The number of rotatable bonds is 4. The van der Waals surface area contributed by atoms with Gasteiger partial charge in [-0.2, -0.15) is 4.31 Å². The second-order valence-electron chi connectivity index (χ2n) is 6.39. The third-order valence-electron chi connectivity index (χ3n) is 4.55. The molecular formula is C19H21ClN2O3S. The van der Waals surface area contributed by atoms with Gasteiger partial charge in [0.2, 0.25) is 15.9 Å². The maximum Gasteiger partial charge on any atom is 0.243 e. The van der Waals surface area contributed by atoms with E-state index in [-0.39, 0.29) is 10.8 Å². The number of halogens is 1. The summed E-state index contributed by atoms with van der Waals surface area (Å²) in [6.07, 6.45) is 2.07. The molecular weight excluding hydrogens is 372 g/mol. The van der Waals surface area contributed by atoms with Crippen LogP contribution in [0, 0.1) is 6.92 Å². The van der Waals surface area contributed by atoms with Crippen molar-refractivity contribution in [3.63, 3.8) is 0 Å². The van der Waals surface area contributed by atoms with Gasteiger partial charge in [0, 0.05) is 17.3 Å². The number of carbonyl (C=O) groups is 1. The van der Waals surface area contributed by atoms with Crippen LogP contribution in [0.4, 0.5) is 5.69 Å². The number of hydrogen-bond acceptors (Lipinski definition) is 3. The standard InChI is InChI=1S/C19H21ClN2O3S/c1-14-13-15(20)10-11-17(14)21-19(23)18-9-5-6-12-22(18)26(24,25)16-7-3-2-4-8-16/h2-4,7-8,10-11,13,18H,5-6,9,12H2,1H3,(H,21,23). The third kappa shape index (κ3) is 3.92. The number of aryl methyl sites for hydroxylation is 1. The number of hydrogen-bond donors (Lipinski definition) is 1. The quantitative estimate of drug-likeness (QED) is 0.859. The lowest BCUT2D eigenvalue weighted by atomic mass is 10.0. The van der Waals surface area contributed by atoms with Crippen LogP contribution < -0.4 is 5.32 Å². The van der Waals surface area contributed by atoms with Crippen molar-refractivity contribution in [3.05, 3.63) is 59.1 Å². The van der Waals surface area contributed by atoms with Crippen LogP contribution >= 0.6 is 11.6 Å². The zero-order chi connectivity index (χ0) is 18.7. The maximum atomic E-state index is 13.0. The van der Waals surface area contributed by atoms with E-state index in [1.54, 1.807) is 48.5 Å². The van der Waals surface area contributed by atoms with Crippen molar-refractivity contribution in [2.45, 2.75) is 37.1 Å². The highest BCUT2D eigenvalue weighted by atomic mass is 35.5. The van der Waals surface area contributed by atoms with E-state index in [1.807, 2.05) is 6.92 Å². The molecule has 0 radical (unpaired) electrons. The van der Waals surface area contributed by atoms with Crippen molar-refractivity contribution >= 4 is 33.2 Å². The molecule has 3 rings (SSSR count). The van der Waals surface area contributed by atoms with E-state index in [4.69, 9.17) is 11.6 Å². The van der Waals surface area contributed by atoms with Gasteiger partial charge in [-0.3, -0.25) is 4.79 Å². The lowest BCUT2D eigenvalue weighted by molar-refractivity contribution is -0.120. The van der Waals surface area contributed by atoms with Crippen molar-refractivity contribution in [2.24, 2.45) is 0 Å². The first-order valence-electron chi connectivity index (χ1n) is 8.53. The monoisotopic (exact) mass is 392 g/mol. The number of piperidine rings is 1. The fourth-order valence-electron chi connectivity index (χ4n) is 3.17. The van der Waals surface area contributed by atoms with E-state index in [9.17, 15) is 13.2 Å². The predicted octanol–water partition coefficient (Wildman–Crippen LogP) is 3.83. The Hall–Kier alpha value is -1.89. The Morgan fingerprint density at radius 1 is 1.15 bits per heavy atom. The van der Waals surface area contributed by atoms with Crippen LogP contribution in [0.2, 0.25) is 5.02 Å². The van der Waals surface area contributed by atoms with Crippen LogP contribution in [-0.2, 0) is 14.8 Å². The summed E-state index contributed by atoms with van der Waals surface area (Å²) >= 11 is 5.95. The Kier molecular flexibility index (Phi) is 5.65. The molecule has 1 amide bonds. The Morgan fingerprint density at radius 3 is 2.58 bits per heavy atom. The minimum atomic E-state index is -3.71. The Bertz CT molecular complexity index is 900. The summed E-state index contributed by atoms with van der Waals surface area (Å²) in [6, 6.07) is 12.7. The second kappa shape index (κ2) is 7.78. The summed E-state index contributed by atoms with van der Waals surface area (Å²) in [5, 5.41) is 3.45. The lowest BCUT2D eigenvalue weighted by Gasteiger charge is -2.33. The Morgan fingerprint density at radius 2 is 1.88 bits per heavy atom. The van der Waals surface area contributed by atoms with Gasteiger partial charge in [-0.1, -0.05) is 36.2 Å². The SMILES string of the molecule is Cc1cc(Cl)ccc1NC(=O)C1CCCCN1S(=O)(=O)c1ccccc1. The van der Waals surface area contributed by atoms with Gasteiger partial charge in [0.25, 0.3) is 0 Å². The molecule has 0 saturated carbocycles. The highest BCUT2D eigenvalue weighted by molar-refractivity contribution is 7.89. The van der Waals surface area contributed by atoms with Gasteiger partial charge in [0.15, 0.2) is 0 Å². The summed E-state index contributed by atoms with van der Waals surface area (Å²) in [5.41, 5.74) is 1.47. The number of amides is 1. The molecule has 0 aromatic heterocycles. The molecule has 2 aromatic carbocycles. The summed E-state index contributed by atoms with van der Waals surface area (Å²) in [4.78, 5) is 13.1. The van der Waals surface area contributed by atoms with Gasteiger partial charge >= 0.3 is 0 Å². The number of nitrogens with one attached hydrogen (secondary N) is 1. The summed E-state index contributed by atoms with van der Waals surface area (Å²) in [5.74, 6) is -0.311. The third-order valence-corrected chi connectivity index (χ3v) is 6.71. The first-order chi connectivity index (χ1) is 12.4. The molecule has 1 atom stereocenters. The second-order valence-corrected chi connectivity index (χ2v) is 8.72. The molecule has 1 fully saturated rings. The normalized spacial score (nSPS) is 18.5. The van der Waals surface area contributed by atoms with Crippen LogP contribution in [0.3, 0.4) is 0 Å². The Balaban J connectivity index is 1.86. The van der Waals surface area contributed by atoms with E-state index in [0.717, 1.165) is 18.4 Å². The molecule has 0 bridgehead atoms. The highest BCUT2D eigenvalue weighted by Crippen LogP contribution is 2.27. The lowest BCUT2D eigenvalue weighted by Crippen LogP contribution is -2.49. The van der Waals surface area contributed by atoms with Crippen LogP contribution in [0.25, 0.3) is 0 Å². The average molecular weight is 393 g/mol. The van der Waals surface area contributed by atoms with Gasteiger partial charge in [-0.25, -0.2) is 8.42 Å². The zero-order valence-corrected chi connectivity index (χ0v) is 16.1. The zero-order valence-electron chi connectivity index (χ0n) is 14.5. The average Bonchev–Trinajstić information content (AvgIpc) is 2.64. The van der Waals surface area contributed by atoms with Crippen LogP contribution in [0.1, 0.15) is 24.8 Å². The molecule has 1 heterocycles. The van der Waals surface area contributed by atoms with Gasteiger partial charge < -0.3 is 5.32 Å². The van der Waals surface area contributed by atoms with Gasteiger partial charge in [-0.05, 0) is 55.7 Å². The van der Waals surface area contributed by atoms with Crippen molar-refractivity contribution in [2.75, 3.05) is 11.9 Å². The topological polar surface area (TPSA) is 66.5 Å². The number of anilines is 1. The number of carbonyl (C=O) groups excluding carboxylic acids is 1. The smallest absolute Gasteiger partial charge is 0.243 e.